The van der Waals surface area contributed by atoms with Gasteiger partial charge in [0.05, 0.1) is 10.7 Å². The molecule has 1 heterocycles. The molecule has 0 saturated heterocycles. The van der Waals surface area contributed by atoms with Gasteiger partial charge in [-0.3, -0.25) is 14.9 Å². The molecule has 0 spiro atoms. The molecule has 0 radical (unpaired) electrons. The fourth-order valence-corrected chi connectivity index (χ4v) is 2.47. The molecule has 5 nitrogen and oxygen atoms in total. The number of carbonyl (C=O) groups is 1. The first-order chi connectivity index (χ1) is 7.45. The zero-order chi connectivity index (χ0) is 12.3. The molecule has 0 aliphatic carbocycles. The zero-order valence-corrected chi connectivity index (χ0v) is 10.8. The van der Waals surface area contributed by atoms with Gasteiger partial charge in [0, 0.05) is 18.2 Å². The first-order valence-corrected chi connectivity index (χ1v) is 6.01. The maximum Gasteiger partial charge on any atom is 0.237 e. The van der Waals surface area contributed by atoms with Crippen LogP contribution in [0.3, 0.4) is 0 Å². The zero-order valence-electron chi connectivity index (χ0n) is 10.0. The lowest BCUT2D eigenvalue weighted by Crippen LogP contribution is -2.38. The lowest BCUT2D eigenvalue weighted by atomic mass is 10.1. The smallest absolute Gasteiger partial charge is 0.237 e. The van der Waals surface area contributed by atoms with Gasteiger partial charge in [-0.15, -0.1) is 11.8 Å². The second-order valence-corrected chi connectivity index (χ2v) is 5.27. The summed E-state index contributed by atoms with van der Waals surface area (Å²) in [7, 11) is 1.90. The molecular weight excluding hydrogens is 224 g/mol. The van der Waals surface area contributed by atoms with Gasteiger partial charge < -0.3 is 0 Å². The van der Waals surface area contributed by atoms with Gasteiger partial charge in [-0.25, -0.2) is 5.84 Å². The van der Waals surface area contributed by atoms with Crippen LogP contribution in [0.15, 0.2) is 11.1 Å². The normalized spacial score (nSPS) is 14.6. The van der Waals surface area contributed by atoms with Crippen molar-refractivity contribution in [2.45, 2.75) is 31.0 Å². The molecule has 0 aliphatic heterocycles. The number of amides is 1. The third kappa shape index (κ3) is 2.99. The molecule has 16 heavy (non-hydrogen) atoms. The van der Waals surface area contributed by atoms with E-state index in [2.05, 4.69) is 10.5 Å². The van der Waals surface area contributed by atoms with Gasteiger partial charge in [-0.1, -0.05) is 13.8 Å². The lowest BCUT2D eigenvalue weighted by Gasteiger charge is -2.17. The first-order valence-electron chi connectivity index (χ1n) is 5.13. The van der Waals surface area contributed by atoms with Crippen molar-refractivity contribution in [3.8, 4) is 0 Å². The van der Waals surface area contributed by atoms with Gasteiger partial charge in [-0.2, -0.15) is 5.10 Å². The van der Waals surface area contributed by atoms with Crippen LogP contribution in [0.5, 0.6) is 0 Å². The molecule has 1 aromatic rings. The number of nitrogens with two attached hydrogens (primary N) is 1. The van der Waals surface area contributed by atoms with E-state index >= 15 is 0 Å². The molecule has 1 rings (SSSR count). The highest BCUT2D eigenvalue weighted by Gasteiger charge is 2.21. The number of rotatable bonds is 4. The summed E-state index contributed by atoms with van der Waals surface area (Å²) in [4.78, 5) is 11.4. The van der Waals surface area contributed by atoms with Crippen molar-refractivity contribution in [2.24, 2.45) is 18.8 Å². The van der Waals surface area contributed by atoms with Crippen LogP contribution in [0.4, 0.5) is 0 Å². The van der Waals surface area contributed by atoms with Crippen LogP contribution in [0.2, 0.25) is 0 Å². The quantitative estimate of drug-likeness (QED) is 0.355. The largest absolute Gasteiger partial charge is 0.294 e. The molecular formula is C10H18N4OS. The SMILES string of the molecule is Cc1cc(SC(C)C(C)C(=O)NN)n(C)n1. The Bertz CT molecular complexity index is 377. The Morgan fingerprint density at radius 3 is 2.69 bits per heavy atom. The summed E-state index contributed by atoms with van der Waals surface area (Å²) >= 11 is 1.63. The predicted octanol–water partition coefficient (Wildman–Crippen LogP) is 0.835. The maximum absolute atomic E-state index is 11.4. The van der Waals surface area contributed by atoms with Crippen LogP contribution in [0, 0.1) is 12.8 Å². The summed E-state index contributed by atoms with van der Waals surface area (Å²) in [6, 6.07) is 2.01. The topological polar surface area (TPSA) is 72.9 Å². The maximum atomic E-state index is 11.4. The van der Waals surface area contributed by atoms with E-state index in [0.29, 0.717) is 0 Å². The number of nitrogens with one attached hydrogen (secondary N) is 1. The number of hydrazine groups is 1. The second kappa shape index (κ2) is 5.36. The van der Waals surface area contributed by atoms with E-state index in [9.17, 15) is 4.79 Å². The van der Waals surface area contributed by atoms with Crippen LogP contribution in [0.25, 0.3) is 0 Å². The number of hydrogen-bond donors (Lipinski definition) is 2. The molecule has 90 valence electrons. The molecule has 1 amide bonds. The molecule has 3 N–H and O–H groups in total. The average molecular weight is 242 g/mol. The van der Waals surface area contributed by atoms with Crippen LogP contribution < -0.4 is 11.3 Å². The third-order valence-electron chi connectivity index (χ3n) is 2.53. The van der Waals surface area contributed by atoms with Gasteiger partial charge in [0.25, 0.3) is 0 Å². The second-order valence-electron chi connectivity index (χ2n) is 3.87. The summed E-state index contributed by atoms with van der Waals surface area (Å²) < 4.78 is 1.82. The van der Waals surface area contributed by atoms with E-state index < -0.39 is 0 Å². The Morgan fingerprint density at radius 2 is 2.25 bits per heavy atom. The lowest BCUT2D eigenvalue weighted by molar-refractivity contribution is -0.124. The molecule has 2 unspecified atom stereocenters. The van der Waals surface area contributed by atoms with E-state index in [4.69, 9.17) is 5.84 Å². The summed E-state index contributed by atoms with van der Waals surface area (Å²) in [6.07, 6.45) is 0. The standard InChI is InChI=1S/C10H18N4OS/c1-6-5-9(14(4)13-6)16-8(3)7(2)10(15)12-11/h5,7-8H,11H2,1-4H3,(H,12,15). The van der Waals surface area contributed by atoms with E-state index in [1.807, 2.05) is 38.6 Å². The summed E-state index contributed by atoms with van der Waals surface area (Å²) in [6.45, 7) is 5.82. The van der Waals surface area contributed by atoms with Crippen LogP contribution in [-0.4, -0.2) is 20.9 Å². The van der Waals surface area contributed by atoms with Crippen LogP contribution in [0.1, 0.15) is 19.5 Å². The Labute approximate surface area is 99.7 Å². The number of aromatic nitrogens is 2. The molecule has 0 saturated carbocycles. The minimum absolute atomic E-state index is 0.134. The number of nitrogens with zero attached hydrogens (tertiary/aromatic N) is 2. The number of carbonyl (C=O) groups excluding carboxylic acids is 1. The highest BCUT2D eigenvalue weighted by Crippen LogP contribution is 2.27. The molecule has 0 bridgehead atoms. The minimum Gasteiger partial charge on any atom is -0.294 e. The number of thioether (sulfide) groups is 1. The van der Waals surface area contributed by atoms with Crippen molar-refractivity contribution >= 4 is 17.7 Å². The molecule has 2 atom stereocenters. The molecule has 1 aromatic heterocycles. The Morgan fingerprint density at radius 1 is 1.62 bits per heavy atom. The van der Waals surface area contributed by atoms with Crippen molar-refractivity contribution in [1.29, 1.82) is 0 Å². The number of hydrogen-bond acceptors (Lipinski definition) is 4. The van der Waals surface area contributed by atoms with E-state index in [1.165, 1.54) is 0 Å². The van der Waals surface area contributed by atoms with Gasteiger partial charge in [-0.05, 0) is 13.0 Å². The fourth-order valence-electron chi connectivity index (χ4n) is 1.33. The van der Waals surface area contributed by atoms with Gasteiger partial charge in [0.1, 0.15) is 0 Å². The Hall–Kier alpha value is -1.01. The highest BCUT2D eigenvalue weighted by molar-refractivity contribution is 7.99. The van der Waals surface area contributed by atoms with E-state index in [0.717, 1.165) is 10.7 Å². The van der Waals surface area contributed by atoms with Gasteiger partial charge in [0.2, 0.25) is 5.91 Å². The van der Waals surface area contributed by atoms with Crippen molar-refractivity contribution in [2.75, 3.05) is 0 Å². The minimum atomic E-state index is -0.140. The van der Waals surface area contributed by atoms with E-state index in [1.54, 1.807) is 11.8 Å². The van der Waals surface area contributed by atoms with Gasteiger partial charge in [0.15, 0.2) is 0 Å². The molecule has 0 aromatic carbocycles. The molecule has 0 aliphatic rings. The van der Waals surface area contributed by atoms with Crippen molar-refractivity contribution in [1.82, 2.24) is 15.2 Å². The van der Waals surface area contributed by atoms with Crippen molar-refractivity contribution < 1.29 is 4.79 Å². The highest BCUT2D eigenvalue weighted by atomic mass is 32.2. The molecule has 6 heteroatoms. The van der Waals surface area contributed by atoms with Crippen LogP contribution in [-0.2, 0) is 11.8 Å². The van der Waals surface area contributed by atoms with E-state index in [-0.39, 0.29) is 17.1 Å². The fraction of sp³-hybridized carbons (Fsp3) is 0.600. The number of aryl methyl sites for hydroxylation is 2. The third-order valence-corrected chi connectivity index (χ3v) is 3.93. The van der Waals surface area contributed by atoms with Crippen molar-refractivity contribution in [3.63, 3.8) is 0 Å². The summed E-state index contributed by atoms with van der Waals surface area (Å²) in [5, 5.41) is 5.47. The Kier molecular flexibility index (Phi) is 4.37. The van der Waals surface area contributed by atoms with Crippen LogP contribution >= 0.6 is 11.8 Å². The monoisotopic (exact) mass is 242 g/mol. The Balaban J connectivity index is 2.67. The average Bonchev–Trinajstić information content (AvgIpc) is 2.55. The molecule has 0 fully saturated rings. The summed E-state index contributed by atoms with van der Waals surface area (Å²) in [5.74, 6) is 4.84. The van der Waals surface area contributed by atoms with Crippen molar-refractivity contribution in [3.05, 3.63) is 11.8 Å². The first kappa shape index (κ1) is 13.1. The summed E-state index contributed by atoms with van der Waals surface area (Å²) in [5.41, 5.74) is 3.16. The predicted molar refractivity (Wildman–Crippen MR) is 64.8 cm³/mol. The van der Waals surface area contributed by atoms with Gasteiger partial charge >= 0.3 is 0 Å².